The van der Waals surface area contributed by atoms with Gasteiger partial charge in [0.1, 0.15) is 5.82 Å². The van der Waals surface area contributed by atoms with Crippen LogP contribution in [0.1, 0.15) is 34.1 Å². The standard InChI is InChI=1S/C25H30ClFO8S/c1-12(2)22(28)32-10-34-24(30)19-14(9-36-15-5-6-18(27)17(26)8-15)7-16-20(19)21(16)25(31)35-11-33-23(29)13(3)4/h5-6,8,12-14,16,19-21H,7,9-11H2,1-4H3/t14-,16+,19+,20+,21-/m0/s1. The molecule has 3 rings (SSSR count). The van der Waals surface area contributed by atoms with Gasteiger partial charge in [0.05, 0.1) is 28.7 Å². The van der Waals surface area contributed by atoms with E-state index >= 15 is 0 Å². The summed E-state index contributed by atoms with van der Waals surface area (Å²) in [5.41, 5.74) is 0. The SMILES string of the molecule is CC(C)C(=O)OCOC(=O)[C@@H]1[C@H](CSc2ccc(F)c(Cl)c2)C[C@H]2[C@H](C(=O)OCOC(=O)C(C)C)[C@H]21. The number of benzene rings is 1. The molecule has 0 bridgehead atoms. The van der Waals surface area contributed by atoms with Crippen LogP contribution in [0.15, 0.2) is 23.1 Å². The number of carbonyl (C=O) groups excluding carboxylic acids is 4. The van der Waals surface area contributed by atoms with E-state index in [1.807, 2.05) is 0 Å². The smallest absolute Gasteiger partial charge is 0.312 e. The Kier molecular flexibility index (Phi) is 9.63. The zero-order valence-electron chi connectivity index (χ0n) is 20.5. The zero-order chi connectivity index (χ0) is 26.6. The molecule has 2 aliphatic carbocycles. The van der Waals surface area contributed by atoms with Crippen molar-refractivity contribution in [2.24, 2.45) is 41.4 Å². The molecule has 0 saturated heterocycles. The minimum Gasteiger partial charge on any atom is -0.428 e. The largest absolute Gasteiger partial charge is 0.428 e. The highest BCUT2D eigenvalue weighted by molar-refractivity contribution is 7.99. The van der Waals surface area contributed by atoms with Gasteiger partial charge >= 0.3 is 23.9 Å². The molecule has 0 N–H and O–H groups in total. The molecule has 2 saturated carbocycles. The first-order chi connectivity index (χ1) is 17.0. The Labute approximate surface area is 218 Å². The summed E-state index contributed by atoms with van der Waals surface area (Å²) in [6.07, 6.45) is 0.587. The molecule has 1 aromatic carbocycles. The number of fused-ring (bicyclic) bond motifs is 1. The Bertz CT molecular complexity index is 1000. The zero-order valence-corrected chi connectivity index (χ0v) is 22.1. The van der Waals surface area contributed by atoms with Crippen molar-refractivity contribution in [3.05, 3.63) is 29.0 Å². The predicted octanol–water partition coefficient (Wildman–Crippen LogP) is 4.47. The van der Waals surface area contributed by atoms with Crippen LogP contribution >= 0.6 is 23.4 Å². The number of hydrogen-bond donors (Lipinski definition) is 0. The average molecular weight is 545 g/mol. The van der Waals surface area contributed by atoms with Crippen LogP contribution in [0, 0.1) is 47.2 Å². The topological polar surface area (TPSA) is 105 Å². The summed E-state index contributed by atoms with van der Waals surface area (Å²) in [7, 11) is 0. The molecule has 36 heavy (non-hydrogen) atoms. The van der Waals surface area contributed by atoms with Crippen molar-refractivity contribution < 1.29 is 42.5 Å². The van der Waals surface area contributed by atoms with Gasteiger partial charge in [-0.05, 0) is 42.4 Å². The third-order valence-electron chi connectivity index (χ3n) is 6.37. The van der Waals surface area contributed by atoms with Gasteiger partial charge in [0.2, 0.25) is 13.6 Å². The Balaban J connectivity index is 1.61. The summed E-state index contributed by atoms with van der Waals surface area (Å²) in [5.74, 6) is -4.33. The van der Waals surface area contributed by atoms with Crippen LogP contribution in [0.2, 0.25) is 5.02 Å². The molecule has 1 aromatic rings. The summed E-state index contributed by atoms with van der Waals surface area (Å²) in [6, 6.07) is 4.41. The lowest BCUT2D eigenvalue weighted by molar-refractivity contribution is -0.173. The summed E-state index contributed by atoms with van der Waals surface area (Å²) in [6.45, 7) is 5.69. The number of esters is 4. The molecule has 8 nitrogen and oxygen atoms in total. The molecule has 0 spiro atoms. The van der Waals surface area contributed by atoms with Gasteiger partial charge in [0, 0.05) is 10.6 Å². The summed E-state index contributed by atoms with van der Waals surface area (Å²) >= 11 is 7.30. The highest BCUT2D eigenvalue weighted by Gasteiger charge is 2.67. The fraction of sp³-hybridized carbons (Fsp3) is 0.600. The quantitative estimate of drug-likeness (QED) is 0.226. The van der Waals surface area contributed by atoms with E-state index < -0.39 is 55.1 Å². The minimum atomic E-state index is -0.605. The van der Waals surface area contributed by atoms with E-state index in [1.165, 1.54) is 23.9 Å². The maximum absolute atomic E-state index is 13.5. The first-order valence-electron chi connectivity index (χ1n) is 11.8. The first kappa shape index (κ1) is 28.2. The molecule has 11 heteroatoms. The van der Waals surface area contributed by atoms with Crippen LogP contribution in [0.5, 0.6) is 0 Å². The molecule has 2 fully saturated rings. The first-order valence-corrected chi connectivity index (χ1v) is 13.1. The molecule has 5 atom stereocenters. The van der Waals surface area contributed by atoms with Crippen molar-refractivity contribution in [2.75, 3.05) is 19.3 Å². The predicted molar refractivity (Wildman–Crippen MR) is 128 cm³/mol. The van der Waals surface area contributed by atoms with E-state index in [1.54, 1.807) is 33.8 Å². The Morgan fingerprint density at radius 1 is 0.944 bits per heavy atom. The Morgan fingerprint density at radius 3 is 2.03 bits per heavy atom. The monoisotopic (exact) mass is 544 g/mol. The Hall–Kier alpha value is -2.33. The van der Waals surface area contributed by atoms with Crippen molar-refractivity contribution in [2.45, 2.75) is 39.0 Å². The second-order valence-corrected chi connectivity index (χ2v) is 11.1. The van der Waals surface area contributed by atoms with E-state index in [0.29, 0.717) is 12.2 Å². The van der Waals surface area contributed by atoms with Crippen molar-refractivity contribution in [1.82, 2.24) is 0 Å². The number of carbonyl (C=O) groups is 4. The molecule has 0 amide bonds. The lowest BCUT2D eigenvalue weighted by atomic mass is 9.90. The van der Waals surface area contributed by atoms with Gasteiger partial charge in [-0.15, -0.1) is 11.8 Å². The number of thioether (sulfide) groups is 1. The molecular weight excluding hydrogens is 515 g/mol. The van der Waals surface area contributed by atoms with Crippen LogP contribution in [0.3, 0.4) is 0 Å². The molecular formula is C25H30ClFO8S. The lowest BCUT2D eigenvalue weighted by Crippen LogP contribution is -2.30. The number of halogens is 2. The van der Waals surface area contributed by atoms with Gasteiger partial charge in [-0.1, -0.05) is 39.3 Å². The van der Waals surface area contributed by atoms with E-state index in [9.17, 15) is 23.6 Å². The van der Waals surface area contributed by atoms with Gasteiger partial charge in [-0.25, -0.2) is 4.39 Å². The maximum atomic E-state index is 13.5. The second kappa shape index (κ2) is 12.3. The van der Waals surface area contributed by atoms with Crippen LogP contribution in [0.4, 0.5) is 4.39 Å². The van der Waals surface area contributed by atoms with Crippen molar-refractivity contribution >= 4 is 47.2 Å². The lowest BCUT2D eigenvalue weighted by Gasteiger charge is -2.22. The van der Waals surface area contributed by atoms with Crippen molar-refractivity contribution in [3.63, 3.8) is 0 Å². The number of hydrogen-bond acceptors (Lipinski definition) is 9. The van der Waals surface area contributed by atoms with Gasteiger partial charge in [-0.2, -0.15) is 0 Å². The van der Waals surface area contributed by atoms with Gasteiger partial charge in [0.25, 0.3) is 0 Å². The normalized spacial score (nSPS) is 24.3. The molecule has 0 aliphatic heterocycles. The fourth-order valence-electron chi connectivity index (χ4n) is 4.44. The number of rotatable bonds is 11. The molecule has 0 aromatic heterocycles. The molecule has 2 aliphatic rings. The highest BCUT2D eigenvalue weighted by Crippen LogP contribution is 2.64. The molecule has 0 radical (unpaired) electrons. The van der Waals surface area contributed by atoms with E-state index in [2.05, 4.69) is 0 Å². The third-order valence-corrected chi connectivity index (χ3v) is 7.85. The van der Waals surface area contributed by atoms with E-state index in [-0.39, 0.29) is 34.6 Å². The third kappa shape index (κ3) is 6.91. The van der Waals surface area contributed by atoms with Crippen molar-refractivity contribution in [3.8, 4) is 0 Å². The van der Waals surface area contributed by atoms with E-state index in [4.69, 9.17) is 30.5 Å². The fourth-order valence-corrected chi connectivity index (χ4v) is 5.81. The van der Waals surface area contributed by atoms with Gasteiger partial charge in [0.15, 0.2) is 0 Å². The molecule has 0 unspecified atom stereocenters. The van der Waals surface area contributed by atoms with Crippen LogP contribution in [-0.4, -0.2) is 43.2 Å². The highest BCUT2D eigenvalue weighted by atomic mass is 35.5. The van der Waals surface area contributed by atoms with Gasteiger partial charge in [-0.3, -0.25) is 19.2 Å². The van der Waals surface area contributed by atoms with Crippen molar-refractivity contribution in [1.29, 1.82) is 0 Å². The van der Waals surface area contributed by atoms with Gasteiger partial charge < -0.3 is 18.9 Å². The Morgan fingerprint density at radius 2 is 1.50 bits per heavy atom. The van der Waals surface area contributed by atoms with Crippen LogP contribution in [-0.2, 0) is 38.1 Å². The summed E-state index contributed by atoms with van der Waals surface area (Å²) in [5, 5.41) is 0.0122. The average Bonchev–Trinajstić information content (AvgIpc) is 3.39. The maximum Gasteiger partial charge on any atom is 0.312 e. The molecule has 198 valence electrons. The number of ether oxygens (including phenoxy) is 4. The van der Waals surface area contributed by atoms with Crippen LogP contribution in [0.25, 0.3) is 0 Å². The minimum absolute atomic E-state index is 0.0122. The summed E-state index contributed by atoms with van der Waals surface area (Å²) < 4.78 is 33.7. The summed E-state index contributed by atoms with van der Waals surface area (Å²) in [4.78, 5) is 49.6. The second-order valence-electron chi connectivity index (χ2n) is 9.57. The van der Waals surface area contributed by atoms with Crippen LogP contribution < -0.4 is 0 Å². The molecule has 0 heterocycles. The van der Waals surface area contributed by atoms with E-state index in [0.717, 1.165) is 4.90 Å².